The molecule has 1 saturated heterocycles. The molecule has 2 aliphatic carbocycles. The molecule has 3 fully saturated rings. The Hall–Kier alpha value is -5.36. The van der Waals surface area contributed by atoms with Crippen LogP contribution >= 0.6 is 30.3 Å². The van der Waals surface area contributed by atoms with E-state index in [2.05, 4.69) is 16.0 Å². The molecule has 8 rings (SSSR count). The Labute approximate surface area is 394 Å². The van der Waals surface area contributed by atoms with Crippen molar-refractivity contribution in [2.45, 2.75) is 120 Å². The van der Waals surface area contributed by atoms with Gasteiger partial charge in [-0.2, -0.15) is 0 Å². The average Bonchev–Trinajstić information content (AvgIpc) is 3.69. The fourth-order valence-corrected chi connectivity index (χ4v) is 12.5. The molecular formula is C46H52ClF2N6O10PS. The summed E-state index contributed by atoms with van der Waals surface area (Å²) in [5.74, 6) is -4.61. The van der Waals surface area contributed by atoms with Gasteiger partial charge in [-0.3, -0.25) is 18.9 Å². The Morgan fingerprint density at radius 1 is 1.10 bits per heavy atom. The first-order chi connectivity index (χ1) is 32.0. The first-order valence-electron chi connectivity index (χ1n) is 22.2. The van der Waals surface area contributed by atoms with E-state index in [-0.39, 0.29) is 55.1 Å². The Morgan fingerprint density at radius 3 is 2.57 bits per heavy atom. The third-order valence-corrected chi connectivity index (χ3v) is 16.3. The molecule has 0 radical (unpaired) electrons. The topological polar surface area (TPSA) is 208 Å². The number of fused-ring (bicyclic) bond motifs is 3. The highest BCUT2D eigenvalue weighted by atomic mass is 35.5. The summed E-state index contributed by atoms with van der Waals surface area (Å²) in [4.78, 5) is 79.0. The normalized spacial score (nSPS) is 25.6. The van der Waals surface area contributed by atoms with Crippen molar-refractivity contribution in [3.8, 4) is 22.9 Å². The molecular weight excluding hydrogens is 933 g/mol. The number of hydrogen-bond donors (Lipinski definition) is 4. The largest absolute Gasteiger partial charge is 0.495 e. The van der Waals surface area contributed by atoms with Crippen LogP contribution in [-0.2, 0) is 34.6 Å². The van der Waals surface area contributed by atoms with Crippen LogP contribution in [0.15, 0.2) is 53.9 Å². The number of nitrogens with one attached hydrogen (secondary N) is 3. The van der Waals surface area contributed by atoms with Crippen molar-refractivity contribution >= 4 is 70.2 Å². The number of cyclic esters (lactones) is 1. The van der Waals surface area contributed by atoms with E-state index in [1.54, 1.807) is 30.4 Å². The van der Waals surface area contributed by atoms with Gasteiger partial charge in [-0.25, -0.2) is 23.5 Å². The molecule has 16 nitrogen and oxygen atoms in total. The summed E-state index contributed by atoms with van der Waals surface area (Å²) in [5, 5.41) is 9.89. The maximum Gasteiger partial charge on any atom is 0.408 e. The van der Waals surface area contributed by atoms with Crippen molar-refractivity contribution in [1.82, 2.24) is 25.5 Å². The van der Waals surface area contributed by atoms with Crippen LogP contribution in [0.3, 0.4) is 0 Å². The zero-order chi connectivity index (χ0) is 47.8. The van der Waals surface area contributed by atoms with Gasteiger partial charge in [-0.05, 0) is 83.6 Å². The summed E-state index contributed by atoms with van der Waals surface area (Å²) < 4.78 is 68.1. The number of aromatic nitrogens is 2. The molecule has 2 aromatic carbocycles. The Bertz CT molecular complexity index is 2630. The van der Waals surface area contributed by atoms with Crippen molar-refractivity contribution in [2.24, 2.45) is 5.92 Å². The number of hydrogen-bond acceptors (Lipinski definition) is 13. The minimum absolute atomic E-state index is 0.0840. The molecule has 7 atom stereocenters. The van der Waals surface area contributed by atoms with Gasteiger partial charge in [0, 0.05) is 47.2 Å². The van der Waals surface area contributed by atoms with E-state index in [1.807, 2.05) is 19.2 Å². The number of methoxy groups -OCH3 is 1. The zero-order valence-corrected chi connectivity index (χ0v) is 39.7. The van der Waals surface area contributed by atoms with Crippen molar-refractivity contribution in [1.29, 1.82) is 0 Å². The smallest absolute Gasteiger partial charge is 0.408 e. The number of amides is 3. The third kappa shape index (κ3) is 10.2. The highest BCUT2D eigenvalue weighted by Gasteiger charge is 2.66. The molecule has 1 unspecified atom stereocenters. The number of benzene rings is 2. The van der Waals surface area contributed by atoms with Crippen LogP contribution in [0, 0.1) is 17.6 Å². The van der Waals surface area contributed by atoms with Crippen LogP contribution in [0.25, 0.3) is 22.3 Å². The molecule has 2 saturated carbocycles. The first kappa shape index (κ1) is 48.1. The number of halogens is 3. The van der Waals surface area contributed by atoms with Gasteiger partial charge in [0.1, 0.15) is 69.5 Å². The van der Waals surface area contributed by atoms with Crippen molar-refractivity contribution in [3.05, 3.63) is 76.2 Å². The molecule has 21 heteroatoms. The second-order valence-electron chi connectivity index (χ2n) is 17.7. The number of esters is 1. The zero-order valence-electron chi connectivity index (χ0n) is 37.3. The highest BCUT2D eigenvalue weighted by Crippen LogP contribution is 2.71. The summed E-state index contributed by atoms with van der Waals surface area (Å²) in [6.07, 6.45) is 1.45. The van der Waals surface area contributed by atoms with Crippen LogP contribution in [0.2, 0.25) is 5.02 Å². The van der Waals surface area contributed by atoms with Crippen LogP contribution in [0.5, 0.6) is 11.5 Å². The number of carbonyl (C=O) groups excluding carboxylic acids is 4. The number of carbonyl (C=O) groups is 4. The Morgan fingerprint density at radius 2 is 1.85 bits per heavy atom. The van der Waals surface area contributed by atoms with Gasteiger partial charge in [0.25, 0.3) is 0 Å². The van der Waals surface area contributed by atoms with Gasteiger partial charge >= 0.3 is 12.1 Å². The lowest BCUT2D eigenvalue weighted by molar-refractivity contribution is -0.154. The standard InChI is InChI=1S/C46H52ClF2N6O10PS/c1-24(2)50-44-52-34(23-67-44)33-19-37(29-16-17-36(62-4)39(47)41(29)51-33)64-28-18-35-42(57)54-46(66(60,61)22-30-31(48)13-9-14-32(30)49)20-26(46)10-5-8-15-38(56)63-25(3)40(43(58)55(35)21-28)53-45(59)65-27-11-6-7-12-27/h5,9-10,13-14,16-17,19,23-28,35,40H,6-8,11-12,15,18,20-22H2,1-4H3,(H,50,52)(H,53,59)(H,54,57)(H,60,61)/t25-,26+,28+,35-,40-,46-/m0/s1. The summed E-state index contributed by atoms with van der Waals surface area (Å²) in [7, 11) is -3.26. The number of anilines is 1. The number of pyridine rings is 1. The number of alkyl carbamates (subject to hydrolysis) is 1. The fourth-order valence-electron chi connectivity index (χ4n) is 9.00. The van der Waals surface area contributed by atoms with E-state index >= 15 is 4.79 Å². The number of thiazole rings is 1. The monoisotopic (exact) mass is 984 g/mol. The molecule has 4 N–H and O–H groups in total. The molecule has 2 aromatic heterocycles. The first-order valence-corrected chi connectivity index (χ1v) is 25.3. The molecule has 0 spiro atoms. The van der Waals surface area contributed by atoms with Crippen LogP contribution in [0.1, 0.15) is 77.7 Å². The van der Waals surface area contributed by atoms with E-state index in [9.17, 15) is 32.6 Å². The average molecular weight is 985 g/mol. The number of ether oxygens (including phenoxy) is 4. The molecule has 0 bridgehead atoms. The van der Waals surface area contributed by atoms with Gasteiger partial charge in [0.15, 0.2) is 5.13 Å². The second kappa shape index (κ2) is 19.7. The van der Waals surface area contributed by atoms with Gasteiger partial charge in [-0.1, -0.05) is 29.8 Å². The molecule has 3 amide bonds. The summed E-state index contributed by atoms with van der Waals surface area (Å²) in [6, 6.07) is 5.25. The predicted molar refractivity (Wildman–Crippen MR) is 246 cm³/mol. The molecule has 67 heavy (non-hydrogen) atoms. The van der Waals surface area contributed by atoms with Gasteiger partial charge < -0.3 is 44.7 Å². The van der Waals surface area contributed by atoms with Crippen LogP contribution in [-0.4, -0.2) is 99.0 Å². The number of nitrogens with zero attached hydrogens (tertiary/aromatic N) is 3. The molecule has 4 aromatic rings. The van der Waals surface area contributed by atoms with E-state index in [1.165, 1.54) is 30.3 Å². The van der Waals surface area contributed by atoms with Crippen molar-refractivity contribution < 1.29 is 56.4 Å². The third-order valence-electron chi connectivity index (χ3n) is 12.6. The second-order valence-corrected chi connectivity index (χ2v) is 21.4. The summed E-state index contributed by atoms with van der Waals surface area (Å²) in [5.41, 5.74) is 0.613. The predicted octanol–water partition coefficient (Wildman–Crippen LogP) is 8.09. The van der Waals surface area contributed by atoms with Gasteiger partial charge in [0.05, 0.1) is 31.0 Å². The molecule has 4 aliphatic rings. The highest BCUT2D eigenvalue weighted by molar-refractivity contribution is 7.59. The van der Waals surface area contributed by atoms with Crippen molar-refractivity contribution in [3.63, 3.8) is 0 Å². The van der Waals surface area contributed by atoms with E-state index in [4.69, 9.17) is 40.5 Å². The summed E-state index contributed by atoms with van der Waals surface area (Å²) in [6.45, 7) is 5.15. The van der Waals surface area contributed by atoms with Crippen molar-refractivity contribution in [2.75, 3.05) is 19.0 Å². The minimum atomic E-state index is -4.72. The molecule has 358 valence electrons. The van der Waals surface area contributed by atoms with Crippen LogP contribution < -0.4 is 25.4 Å². The maximum atomic E-state index is 15.0. The summed E-state index contributed by atoms with van der Waals surface area (Å²) >= 11 is 8.23. The van der Waals surface area contributed by atoms with Crippen LogP contribution in [0.4, 0.5) is 18.7 Å². The van der Waals surface area contributed by atoms with Gasteiger partial charge in [0.2, 0.25) is 19.2 Å². The van der Waals surface area contributed by atoms with E-state index < -0.39 is 90.1 Å². The van der Waals surface area contributed by atoms with E-state index in [0.29, 0.717) is 46.0 Å². The lowest BCUT2D eigenvalue weighted by Gasteiger charge is -2.32. The lowest BCUT2D eigenvalue weighted by atomic mass is 10.1. The lowest BCUT2D eigenvalue weighted by Crippen LogP contribution is -2.58. The molecule has 4 heterocycles. The quantitative estimate of drug-likeness (QED) is 0.0638. The SMILES string of the molecule is COc1ccc2c(O[C@@H]3C[C@H]4C(=O)N[C@]5(P(=O)(O)Cc6c(F)cccc6F)C[C@H]5C=CCCC(=O)O[C@@H](C)[C@H](NC(=O)OC5CCCC5)C(=O)N4C3)cc(-c3csc(NC(C)C)n3)nc2c1Cl. The van der Waals surface area contributed by atoms with E-state index in [0.717, 1.165) is 31.0 Å². The number of rotatable bonds is 11. The molecule has 2 aliphatic heterocycles. The minimum Gasteiger partial charge on any atom is -0.495 e. The van der Waals surface area contributed by atoms with Gasteiger partial charge in [-0.15, -0.1) is 11.3 Å². The Kier molecular flexibility index (Phi) is 14.1. The fraction of sp³-hybridized carbons (Fsp3) is 0.478. The Balaban J connectivity index is 1.18. The number of allylic oxidation sites excluding steroid dienone is 1. The maximum absolute atomic E-state index is 15.0.